The van der Waals surface area contributed by atoms with E-state index in [2.05, 4.69) is 10.2 Å². The van der Waals surface area contributed by atoms with E-state index in [0.717, 1.165) is 5.56 Å². The number of thioether (sulfide) groups is 1. The van der Waals surface area contributed by atoms with Crippen molar-refractivity contribution in [2.75, 3.05) is 0 Å². The fourth-order valence-electron chi connectivity index (χ4n) is 2.38. The molecule has 0 amide bonds. The number of non-ortho nitro benzene ring substituents is 1. The molecule has 0 fully saturated rings. The van der Waals surface area contributed by atoms with Crippen molar-refractivity contribution in [1.29, 1.82) is 0 Å². The van der Waals surface area contributed by atoms with Crippen LogP contribution >= 0.6 is 11.8 Å². The highest BCUT2D eigenvalue weighted by Gasteiger charge is 2.15. The zero-order valence-electron chi connectivity index (χ0n) is 13.4. The van der Waals surface area contributed by atoms with E-state index in [1.807, 2.05) is 11.5 Å². The van der Waals surface area contributed by atoms with Gasteiger partial charge in [-0.25, -0.2) is 4.39 Å². The highest BCUT2D eigenvalue weighted by molar-refractivity contribution is 7.98. The Bertz CT molecular complexity index is 896. The summed E-state index contributed by atoms with van der Waals surface area (Å²) in [5.74, 6) is 0.958. The smallest absolute Gasteiger partial charge is 0.270 e. The molecule has 2 aromatic carbocycles. The Balaban J connectivity index is 1.84. The van der Waals surface area contributed by atoms with Gasteiger partial charge >= 0.3 is 0 Å². The van der Waals surface area contributed by atoms with Crippen LogP contribution in [0.4, 0.5) is 10.1 Å². The first-order valence-corrected chi connectivity index (χ1v) is 8.62. The highest BCUT2D eigenvalue weighted by Crippen LogP contribution is 2.28. The van der Waals surface area contributed by atoms with Crippen LogP contribution in [0.2, 0.25) is 0 Å². The van der Waals surface area contributed by atoms with Crippen LogP contribution in [0.1, 0.15) is 12.5 Å². The van der Waals surface area contributed by atoms with Crippen LogP contribution < -0.4 is 0 Å². The van der Waals surface area contributed by atoms with Gasteiger partial charge in [0.05, 0.1) is 4.92 Å². The maximum absolute atomic E-state index is 13.0. The Kier molecular flexibility index (Phi) is 5.08. The summed E-state index contributed by atoms with van der Waals surface area (Å²) in [5.41, 5.74) is 1.65. The predicted octanol–water partition coefficient (Wildman–Crippen LogP) is 4.30. The van der Waals surface area contributed by atoms with E-state index >= 15 is 0 Å². The van der Waals surface area contributed by atoms with E-state index in [1.54, 1.807) is 24.3 Å². The van der Waals surface area contributed by atoms with Crippen LogP contribution in [-0.4, -0.2) is 19.7 Å². The molecule has 3 rings (SSSR count). The fourth-order valence-corrected chi connectivity index (χ4v) is 3.34. The molecule has 0 radical (unpaired) electrons. The van der Waals surface area contributed by atoms with E-state index in [1.165, 1.54) is 36.0 Å². The third-order valence-electron chi connectivity index (χ3n) is 3.63. The molecule has 0 aliphatic carbocycles. The molecule has 0 bridgehead atoms. The van der Waals surface area contributed by atoms with Crippen molar-refractivity contribution in [3.8, 4) is 11.4 Å². The molecule has 0 atom stereocenters. The lowest BCUT2D eigenvalue weighted by Gasteiger charge is -2.07. The Hall–Kier alpha value is -2.74. The number of aromatic nitrogens is 3. The van der Waals surface area contributed by atoms with Crippen LogP contribution in [0.3, 0.4) is 0 Å². The number of hydrogen-bond acceptors (Lipinski definition) is 5. The summed E-state index contributed by atoms with van der Waals surface area (Å²) in [5, 5.41) is 20.1. The average Bonchev–Trinajstić information content (AvgIpc) is 3.04. The van der Waals surface area contributed by atoms with Crippen LogP contribution in [0, 0.1) is 15.9 Å². The van der Waals surface area contributed by atoms with Crippen molar-refractivity contribution in [2.45, 2.75) is 24.4 Å². The van der Waals surface area contributed by atoms with Gasteiger partial charge in [-0.2, -0.15) is 0 Å². The maximum Gasteiger partial charge on any atom is 0.270 e. The van der Waals surface area contributed by atoms with Crippen LogP contribution in [0.5, 0.6) is 0 Å². The number of nitrogens with zero attached hydrogens (tertiary/aromatic N) is 4. The average molecular weight is 358 g/mol. The van der Waals surface area contributed by atoms with Crippen molar-refractivity contribution in [2.24, 2.45) is 0 Å². The zero-order chi connectivity index (χ0) is 17.8. The van der Waals surface area contributed by atoms with Crippen molar-refractivity contribution in [1.82, 2.24) is 14.8 Å². The lowest BCUT2D eigenvalue weighted by molar-refractivity contribution is -0.384. The van der Waals surface area contributed by atoms with Gasteiger partial charge in [-0.1, -0.05) is 36.0 Å². The molecule has 1 aromatic heterocycles. The Morgan fingerprint density at radius 1 is 1.20 bits per heavy atom. The largest absolute Gasteiger partial charge is 0.302 e. The van der Waals surface area contributed by atoms with Gasteiger partial charge in [-0.3, -0.25) is 10.1 Å². The van der Waals surface area contributed by atoms with E-state index in [9.17, 15) is 14.5 Å². The Morgan fingerprint density at radius 2 is 1.96 bits per heavy atom. The lowest BCUT2D eigenvalue weighted by Crippen LogP contribution is -2.00. The van der Waals surface area contributed by atoms with Gasteiger partial charge in [0.2, 0.25) is 0 Å². The molecule has 128 valence electrons. The molecule has 6 nitrogen and oxygen atoms in total. The molecule has 0 spiro atoms. The van der Waals surface area contributed by atoms with Crippen LogP contribution in [0.25, 0.3) is 11.4 Å². The van der Waals surface area contributed by atoms with Crippen LogP contribution in [0.15, 0.2) is 53.7 Å². The monoisotopic (exact) mass is 358 g/mol. The number of nitro benzene ring substituents is 1. The third kappa shape index (κ3) is 3.85. The first-order chi connectivity index (χ1) is 12.1. The minimum atomic E-state index is -0.430. The number of nitro groups is 1. The molecule has 8 heteroatoms. The van der Waals surface area contributed by atoms with Crippen molar-refractivity contribution in [3.05, 3.63) is 70.0 Å². The molecule has 1 heterocycles. The molecule has 0 saturated carbocycles. The van der Waals surface area contributed by atoms with E-state index in [0.29, 0.717) is 28.8 Å². The third-order valence-corrected chi connectivity index (χ3v) is 4.67. The standard InChI is InChI=1S/C17H15FN4O2S/c1-2-21-16(13-4-3-5-15(10-13)22(23)24)19-20-17(21)25-11-12-6-8-14(18)9-7-12/h3-10H,2,11H2,1H3. The minimum Gasteiger partial charge on any atom is -0.302 e. The zero-order valence-corrected chi connectivity index (χ0v) is 14.2. The SMILES string of the molecule is CCn1c(SCc2ccc(F)cc2)nnc1-c1cccc([N+](=O)[O-])c1. The van der Waals surface area contributed by atoms with Crippen molar-refractivity contribution in [3.63, 3.8) is 0 Å². The maximum atomic E-state index is 13.0. The van der Waals surface area contributed by atoms with Gasteiger partial charge in [0.1, 0.15) is 5.82 Å². The number of rotatable bonds is 6. The Labute approximate surface area is 147 Å². The summed E-state index contributed by atoms with van der Waals surface area (Å²) in [6.45, 7) is 2.60. The van der Waals surface area contributed by atoms with E-state index < -0.39 is 4.92 Å². The van der Waals surface area contributed by atoms with Gasteiger partial charge in [-0.15, -0.1) is 10.2 Å². The van der Waals surface area contributed by atoms with Gasteiger partial charge in [0.25, 0.3) is 5.69 Å². The number of benzene rings is 2. The topological polar surface area (TPSA) is 73.8 Å². The highest BCUT2D eigenvalue weighted by atomic mass is 32.2. The molecule has 3 aromatic rings. The number of halogens is 1. The lowest BCUT2D eigenvalue weighted by atomic mass is 10.2. The quantitative estimate of drug-likeness (QED) is 0.373. The summed E-state index contributed by atoms with van der Waals surface area (Å²) >= 11 is 1.49. The fraction of sp³-hybridized carbons (Fsp3) is 0.176. The Morgan fingerprint density at radius 3 is 2.64 bits per heavy atom. The summed E-state index contributed by atoms with van der Waals surface area (Å²) in [6.07, 6.45) is 0. The molecule has 0 aliphatic heterocycles. The first kappa shape index (κ1) is 17.1. The second-order valence-electron chi connectivity index (χ2n) is 5.27. The van der Waals surface area contributed by atoms with Gasteiger partial charge in [0.15, 0.2) is 11.0 Å². The summed E-state index contributed by atoms with van der Waals surface area (Å²) in [7, 11) is 0. The van der Waals surface area contributed by atoms with Gasteiger partial charge < -0.3 is 4.57 Å². The summed E-state index contributed by atoms with van der Waals surface area (Å²) in [4.78, 5) is 10.5. The first-order valence-electron chi connectivity index (χ1n) is 7.63. The van der Waals surface area contributed by atoms with Crippen molar-refractivity contribution < 1.29 is 9.31 Å². The molecule has 0 aliphatic rings. The number of hydrogen-bond donors (Lipinski definition) is 0. The molecule has 0 saturated heterocycles. The normalized spacial score (nSPS) is 10.8. The minimum absolute atomic E-state index is 0.0173. The molecule has 25 heavy (non-hydrogen) atoms. The van der Waals surface area contributed by atoms with Gasteiger partial charge in [-0.05, 0) is 24.6 Å². The van der Waals surface area contributed by atoms with Crippen molar-refractivity contribution >= 4 is 17.4 Å². The van der Waals surface area contributed by atoms with E-state index in [-0.39, 0.29) is 11.5 Å². The van der Waals surface area contributed by atoms with Crippen LogP contribution in [-0.2, 0) is 12.3 Å². The molecular weight excluding hydrogens is 343 g/mol. The van der Waals surface area contributed by atoms with E-state index in [4.69, 9.17) is 0 Å². The second-order valence-corrected chi connectivity index (χ2v) is 6.22. The predicted molar refractivity (Wildman–Crippen MR) is 93.7 cm³/mol. The second kappa shape index (κ2) is 7.43. The summed E-state index contributed by atoms with van der Waals surface area (Å²) < 4.78 is 14.9. The molecule has 0 unspecified atom stereocenters. The summed E-state index contributed by atoms with van der Waals surface area (Å²) in [6, 6.07) is 12.7. The van der Waals surface area contributed by atoms with Gasteiger partial charge in [0, 0.05) is 30.0 Å². The molecular formula is C17H15FN4O2S. The molecule has 0 N–H and O–H groups in total.